The molecule has 0 N–H and O–H groups in total. The van der Waals surface area contributed by atoms with Gasteiger partial charge in [-0.3, -0.25) is 4.79 Å². The van der Waals surface area contributed by atoms with Crippen LogP contribution in [-0.2, 0) is 0 Å². The van der Waals surface area contributed by atoms with Gasteiger partial charge in [0.05, 0.1) is 5.02 Å². The van der Waals surface area contributed by atoms with Gasteiger partial charge in [0.2, 0.25) is 0 Å². The van der Waals surface area contributed by atoms with Gasteiger partial charge < -0.3 is 4.74 Å². The van der Waals surface area contributed by atoms with E-state index < -0.39 is 17.9 Å². The molecule has 92 valence electrons. The Balaban J connectivity index is 3.06. The smallest absolute Gasteiger partial charge is 0.406 e. The maximum atomic E-state index is 12.0. The summed E-state index contributed by atoms with van der Waals surface area (Å²) >= 11 is 5.71. The molecule has 2 nitrogen and oxygen atoms in total. The molecule has 0 amide bonds. The molecule has 0 bridgehead atoms. The van der Waals surface area contributed by atoms with Crippen LogP contribution in [0.3, 0.4) is 0 Å². The Morgan fingerprint density at radius 2 is 2.06 bits per heavy atom. The maximum Gasteiger partial charge on any atom is 0.573 e. The minimum absolute atomic E-state index is 0.0356. The highest BCUT2D eigenvalue weighted by atomic mass is 35.5. The van der Waals surface area contributed by atoms with Crippen LogP contribution >= 0.6 is 11.6 Å². The highest BCUT2D eigenvalue weighted by Gasteiger charge is 2.31. The first-order valence-electron chi connectivity index (χ1n) is 4.56. The topological polar surface area (TPSA) is 26.3 Å². The first-order valence-corrected chi connectivity index (χ1v) is 4.93. The number of hydrogen-bond acceptors (Lipinski definition) is 2. The molecule has 0 unspecified atom stereocenters. The molecule has 1 rings (SSSR count). The summed E-state index contributed by atoms with van der Waals surface area (Å²) in [6, 6.07) is 3.18. The zero-order chi connectivity index (χ0) is 13.1. The SMILES string of the molecule is C/C=C/C(=O)c1cc(OC(F)(F)F)ccc1Cl. The molecule has 0 aliphatic rings. The summed E-state index contributed by atoms with van der Waals surface area (Å²) in [6.07, 6.45) is -2.12. The molecule has 0 aromatic heterocycles. The molecular formula is C11H8ClF3O2. The fourth-order valence-corrected chi connectivity index (χ4v) is 1.34. The molecule has 1 aromatic rings. The summed E-state index contributed by atoms with van der Waals surface area (Å²) in [7, 11) is 0. The number of ketones is 1. The van der Waals surface area contributed by atoms with Crippen molar-refractivity contribution in [2.24, 2.45) is 0 Å². The first-order chi connectivity index (χ1) is 7.83. The van der Waals surface area contributed by atoms with Crippen LogP contribution in [0.25, 0.3) is 0 Å². The third-order valence-corrected chi connectivity index (χ3v) is 2.08. The van der Waals surface area contributed by atoms with Crippen LogP contribution in [0.15, 0.2) is 30.4 Å². The van der Waals surface area contributed by atoms with Crippen molar-refractivity contribution in [1.82, 2.24) is 0 Å². The van der Waals surface area contributed by atoms with E-state index in [1.54, 1.807) is 6.92 Å². The van der Waals surface area contributed by atoms with E-state index in [4.69, 9.17) is 11.6 Å². The molecule has 1 aromatic carbocycles. The van der Waals surface area contributed by atoms with E-state index >= 15 is 0 Å². The van der Waals surface area contributed by atoms with Crippen LogP contribution < -0.4 is 4.74 Å². The summed E-state index contributed by atoms with van der Waals surface area (Å²) in [5.41, 5.74) is -0.0356. The monoisotopic (exact) mass is 264 g/mol. The van der Waals surface area contributed by atoms with Gasteiger partial charge in [0.15, 0.2) is 5.78 Å². The lowest BCUT2D eigenvalue weighted by Gasteiger charge is -2.10. The molecule has 6 heteroatoms. The molecule has 0 aliphatic carbocycles. The second-order valence-electron chi connectivity index (χ2n) is 3.05. The lowest BCUT2D eigenvalue weighted by atomic mass is 10.1. The number of hydrogen-bond donors (Lipinski definition) is 0. The van der Waals surface area contributed by atoms with Crippen LogP contribution in [0.5, 0.6) is 5.75 Å². The Bertz CT molecular complexity index is 453. The molecule has 0 aliphatic heterocycles. The highest BCUT2D eigenvalue weighted by molar-refractivity contribution is 6.34. The van der Waals surface area contributed by atoms with Crippen molar-refractivity contribution in [1.29, 1.82) is 0 Å². The first kappa shape index (κ1) is 13.6. The van der Waals surface area contributed by atoms with E-state index in [2.05, 4.69) is 4.74 Å². The molecule has 0 saturated carbocycles. The van der Waals surface area contributed by atoms with Crippen molar-refractivity contribution < 1.29 is 22.7 Å². The number of benzene rings is 1. The van der Waals surface area contributed by atoms with Gasteiger partial charge in [-0.25, -0.2) is 0 Å². The third-order valence-electron chi connectivity index (χ3n) is 1.75. The lowest BCUT2D eigenvalue weighted by Crippen LogP contribution is -2.17. The maximum absolute atomic E-state index is 12.0. The normalized spacial score (nSPS) is 11.8. The Labute approximate surface area is 101 Å². The van der Waals surface area contributed by atoms with Crippen molar-refractivity contribution in [3.63, 3.8) is 0 Å². The van der Waals surface area contributed by atoms with E-state index in [9.17, 15) is 18.0 Å². The predicted molar refractivity (Wildman–Crippen MR) is 57.3 cm³/mol. The van der Waals surface area contributed by atoms with Gasteiger partial charge in [-0.2, -0.15) is 0 Å². The Kier molecular flexibility index (Phi) is 4.17. The minimum Gasteiger partial charge on any atom is -0.406 e. The van der Waals surface area contributed by atoms with E-state index in [-0.39, 0.29) is 10.6 Å². The van der Waals surface area contributed by atoms with Gasteiger partial charge >= 0.3 is 6.36 Å². The Morgan fingerprint density at radius 3 is 2.59 bits per heavy atom. The van der Waals surface area contributed by atoms with Crippen LogP contribution in [0.1, 0.15) is 17.3 Å². The second kappa shape index (κ2) is 5.23. The molecule has 17 heavy (non-hydrogen) atoms. The average Bonchev–Trinajstić information content (AvgIpc) is 2.19. The molecule has 0 heterocycles. The number of ether oxygens (including phenoxy) is 1. The van der Waals surface area contributed by atoms with Gasteiger partial charge in [-0.1, -0.05) is 17.7 Å². The van der Waals surface area contributed by atoms with Gasteiger partial charge in [-0.05, 0) is 31.2 Å². The zero-order valence-electron chi connectivity index (χ0n) is 8.72. The number of carbonyl (C=O) groups is 1. The van der Waals surface area contributed by atoms with Gasteiger partial charge in [-0.15, -0.1) is 13.2 Å². The summed E-state index contributed by atoms with van der Waals surface area (Å²) in [5.74, 6) is -0.958. The van der Waals surface area contributed by atoms with Crippen LogP contribution in [0, 0.1) is 0 Å². The Morgan fingerprint density at radius 1 is 1.41 bits per heavy atom. The second-order valence-corrected chi connectivity index (χ2v) is 3.46. The third kappa shape index (κ3) is 4.11. The average molecular weight is 265 g/mol. The Hall–Kier alpha value is -1.49. The molecule has 0 saturated heterocycles. The van der Waals surface area contributed by atoms with Gasteiger partial charge in [0.25, 0.3) is 0 Å². The summed E-state index contributed by atoms with van der Waals surface area (Å²) in [4.78, 5) is 11.5. The number of allylic oxidation sites excluding steroid dienone is 2. The summed E-state index contributed by atoms with van der Waals surface area (Å²) in [6.45, 7) is 1.61. The highest BCUT2D eigenvalue weighted by Crippen LogP contribution is 2.27. The van der Waals surface area contributed by atoms with Crippen molar-refractivity contribution in [3.8, 4) is 5.75 Å². The van der Waals surface area contributed by atoms with Crippen molar-refractivity contribution in [3.05, 3.63) is 40.9 Å². The van der Waals surface area contributed by atoms with Crippen LogP contribution in [-0.4, -0.2) is 12.1 Å². The summed E-state index contributed by atoms with van der Waals surface area (Å²) in [5, 5.41) is 0.0719. The number of carbonyl (C=O) groups excluding carboxylic acids is 1. The largest absolute Gasteiger partial charge is 0.573 e. The van der Waals surface area contributed by atoms with E-state index in [0.29, 0.717) is 0 Å². The lowest BCUT2D eigenvalue weighted by molar-refractivity contribution is -0.274. The van der Waals surface area contributed by atoms with Crippen LogP contribution in [0.2, 0.25) is 5.02 Å². The molecule has 0 spiro atoms. The molecular weight excluding hydrogens is 257 g/mol. The fourth-order valence-electron chi connectivity index (χ4n) is 1.13. The quantitative estimate of drug-likeness (QED) is 0.609. The minimum atomic E-state index is -4.80. The number of rotatable bonds is 3. The van der Waals surface area contributed by atoms with E-state index in [1.807, 2.05) is 0 Å². The molecule has 0 radical (unpaired) electrons. The van der Waals surface area contributed by atoms with Gasteiger partial charge in [0.1, 0.15) is 5.75 Å². The van der Waals surface area contributed by atoms with Crippen molar-refractivity contribution in [2.75, 3.05) is 0 Å². The van der Waals surface area contributed by atoms with E-state index in [1.165, 1.54) is 18.2 Å². The fraction of sp³-hybridized carbons (Fsp3) is 0.182. The van der Waals surface area contributed by atoms with E-state index in [0.717, 1.165) is 12.1 Å². The predicted octanol–water partition coefficient (Wildman–Crippen LogP) is 4.00. The number of halogens is 4. The van der Waals surface area contributed by atoms with Crippen molar-refractivity contribution >= 4 is 17.4 Å². The summed E-state index contributed by atoms with van der Waals surface area (Å²) < 4.78 is 39.6. The molecule has 0 fully saturated rings. The standard InChI is InChI=1S/C11H8ClF3O2/c1-2-3-10(16)8-6-7(4-5-9(8)12)17-11(13,14)15/h2-6H,1H3/b3-2+. The zero-order valence-corrected chi connectivity index (χ0v) is 9.47. The molecule has 0 atom stereocenters. The van der Waals surface area contributed by atoms with Gasteiger partial charge in [0, 0.05) is 5.56 Å². The number of alkyl halides is 3. The van der Waals surface area contributed by atoms with Crippen LogP contribution in [0.4, 0.5) is 13.2 Å². The van der Waals surface area contributed by atoms with Crippen molar-refractivity contribution in [2.45, 2.75) is 13.3 Å².